The molecular formula is C25H31N3O2. The lowest BCUT2D eigenvalue weighted by molar-refractivity contribution is -0.125. The van der Waals surface area contributed by atoms with Gasteiger partial charge in [-0.2, -0.15) is 0 Å². The maximum absolute atomic E-state index is 13.4. The summed E-state index contributed by atoms with van der Waals surface area (Å²) in [7, 11) is 4.01. The van der Waals surface area contributed by atoms with Gasteiger partial charge in [-0.25, -0.2) is 0 Å². The number of fused-ring (bicyclic) bond motifs is 1. The average Bonchev–Trinajstić information content (AvgIpc) is 3.17. The van der Waals surface area contributed by atoms with Gasteiger partial charge in [0.1, 0.15) is 6.04 Å². The smallest absolute Gasteiger partial charge is 0.254 e. The number of benzene rings is 2. The molecule has 5 nitrogen and oxygen atoms in total. The lowest BCUT2D eigenvalue weighted by Gasteiger charge is -2.33. The van der Waals surface area contributed by atoms with Crippen LogP contribution in [0, 0.1) is 5.92 Å². The summed E-state index contributed by atoms with van der Waals surface area (Å²) >= 11 is 0. The van der Waals surface area contributed by atoms with Crippen LogP contribution in [0.2, 0.25) is 0 Å². The van der Waals surface area contributed by atoms with Crippen LogP contribution in [-0.2, 0) is 11.3 Å². The highest BCUT2D eigenvalue weighted by atomic mass is 16.2. The summed E-state index contributed by atoms with van der Waals surface area (Å²) in [5.41, 5.74) is 2.83. The molecule has 4 rings (SSSR count). The van der Waals surface area contributed by atoms with Crippen LogP contribution in [-0.4, -0.2) is 42.9 Å². The van der Waals surface area contributed by atoms with E-state index in [1.54, 1.807) is 0 Å². The first-order chi connectivity index (χ1) is 14.5. The second-order valence-electron chi connectivity index (χ2n) is 8.72. The number of carbonyl (C=O) groups excluding carboxylic acids is 2. The Morgan fingerprint density at radius 2 is 1.80 bits per heavy atom. The van der Waals surface area contributed by atoms with E-state index in [2.05, 4.69) is 11.4 Å². The molecule has 158 valence electrons. The number of carbonyl (C=O) groups is 2. The van der Waals surface area contributed by atoms with E-state index >= 15 is 0 Å². The van der Waals surface area contributed by atoms with E-state index in [1.807, 2.05) is 72.4 Å². The number of anilines is 1. The van der Waals surface area contributed by atoms with Gasteiger partial charge in [-0.3, -0.25) is 9.59 Å². The Morgan fingerprint density at radius 3 is 2.57 bits per heavy atom. The van der Waals surface area contributed by atoms with Crippen molar-refractivity contribution >= 4 is 17.5 Å². The highest BCUT2D eigenvalue weighted by Gasteiger charge is 2.47. The van der Waals surface area contributed by atoms with Gasteiger partial charge >= 0.3 is 0 Å². The zero-order valence-corrected chi connectivity index (χ0v) is 17.9. The van der Waals surface area contributed by atoms with E-state index in [0.717, 1.165) is 36.9 Å². The normalized spacial score (nSPS) is 23.0. The Kier molecular flexibility index (Phi) is 6.07. The molecule has 1 aliphatic heterocycles. The largest absolute Gasteiger partial charge is 0.378 e. The minimum atomic E-state index is -0.386. The SMILES string of the molecule is CN(C)c1cccc(CNC(=O)C2CC3CCCCC3N2C(=O)c2ccccc2)c1. The molecule has 2 aromatic rings. The van der Waals surface area contributed by atoms with Crippen molar-refractivity contribution in [2.45, 2.75) is 50.7 Å². The molecule has 1 heterocycles. The molecule has 1 N–H and O–H groups in total. The van der Waals surface area contributed by atoms with Gasteiger partial charge in [-0.15, -0.1) is 0 Å². The molecule has 1 saturated carbocycles. The summed E-state index contributed by atoms with van der Waals surface area (Å²) in [6, 6.07) is 17.3. The Balaban J connectivity index is 1.51. The number of nitrogens with zero attached hydrogens (tertiary/aromatic N) is 2. The first-order valence-electron chi connectivity index (χ1n) is 11.0. The fraction of sp³-hybridized carbons (Fsp3) is 0.440. The third-order valence-corrected chi connectivity index (χ3v) is 6.54. The monoisotopic (exact) mass is 405 g/mol. The van der Waals surface area contributed by atoms with Crippen molar-refractivity contribution in [3.8, 4) is 0 Å². The molecule has 2 fully saturated rings. The average molecular weight is 406 g/mol. The zero-order valence-electron chi connectivity index (χ0n) is 17.9. The van der Waals surface area contributed by atoms with Crippen LogP contribution in [0.3, 0.4) is 0 Å². The molecule has 2 amide bonds. The van der Waals surface area contributed by atoms with Gasteiger partial charge in [0, 0.05) is 37.9 Å². The Bertz CT molecular complexity index is 896. The predicted molar refractivity (Wildman–Crippen MR) is 119 cm³/mol. The van der Waals surface area contributed by atoms with Gasteiger partial charge in [0.2, 0.25) is 5.91 Å². The molecule has 3 unspecified atom stereocenters. The molecule has 2 aliphatic rings. The van der Waals surface area contributed by atoms with E-state index in [1.165, 1.54) is 6.42 Å². The number of nitrogens with one attached hydrogen (secondary N) is 1. The van der Waals surface area contributed by atoms with Crippen molar-refractivity contribution in [3.63, 3.8) is 0 Å². The molecule has 0 bridgehead atoms. The van der Waals surface area contributed by atoms with Crippen LogP contribution >= 0.6 is 0 Å². The molecule has 0 radical (unpaired) electrons. The lowest BCUT2D eigenvalue weighted by Crippen LogP contribution is -2.49. The van der Waals surface area contributed by atoms with E-state index < -0.39 is 0 Å². The lowest BCUT2D eigenvalue weighted by atomic mass is 9.84. The molecule has 0 spiro atoms. The molecule has 30 heavy (non-hydrogen) atoms. The third-order valence-electron chi connectivity index (χ3n) is 6.54. The van der Waals surface area contributed by atoms with Crippen LogP contribution in [0.4, 0.5) is 5.69 Å². The van der Waals surface area contributed by atoms with Crippen molar-refractivity contribution in [3.05, 3.63) is 65.7 Å². The van der Waals surface area contributed by atoms with Gasteiger partial charge in [0.25, 0.3) is 5.91 Å². The first kappa shape index (κ1) is 20.5. The van der Waals surface area contributed by atoms with E-state index in [4.69, 9.17) is 0 Å². The van der Waals surface area contributed by atoms with Crippen molar-refractivity contribution in [2.75, 3.05) is 19.0 Å². The van der Waals surface area contributed by atoms with E-state index in [0.29, 0.717) is 18.0 Å². The van der Waals surface area contributed by atoms with Gasteiger partial charge < -0.3 is 15.1 Å². The minimum Gasteiger partial charge on any atom is -0.378 e. The van der Waals surface area contributed by atoms with Gasteiger partial charge in [0.05, 0.1) is 0 Å². The molecule has 0 aromatic heterocycles. The number of hydrogen-bond donors (Lipinski definition) is 1. The molecule has 5 heteroatoms. The van der Waals surface area contributed by atoms with Crippen LogP contribution in [0.5, 0.6) is 0 Å². The molecule has 3 atom stereocenters. The Labute approximate surface area is 179 Å². The third kappa shape index (κ3) is 4.20. The molecule has 1 saturated heterocycles. The van der Waals surface area contributed by atoms with Crippen LogP contribution in [0.1, 0.15) is 48.0 Å². The topological polar surface area (TPSA) is 52.7 Å². The number of hydrogen-bond acceptors (Lipinski definition) is 3. The fourth-order valence-corrected chi connectivity index (χ4v) is 4.97. The molecular weight excluding hydrogens is 374 g/mol. The van der Waals surface area contributed by atoms with Crippen molar-refractivity contribution in [1.82, 2.24) is 10.2 Å². The van der Waals surface area contributed by atoms with Crippen LogP contribution in [0.15, 0.2) is 54.6 Å². The summed E-state index contributed by atoms with van der Waals surface area (Å²) in [5, 5.41) is 3.10. The summed E-state index contributed by atoms with van der Waals surface area (Å²) in [5.74, 6) is 0.378. The first-order valence-corrected chi connectivity index (χ1v) is 11.0. The number of amides is 2. The van der Waals surface area contributed by atoms with E-state index in [-0.39, 0.29) is 23.9 Å². The van der Waals surface area contributed by atoms with Crippen molar-refractivity contribution < 1.29 is 9.59 Å². The molecule has 1 aliphatic carbocycles. The quantitative estimate of drug-likeness (QED) is 0.822. The second kappa shape index (κ2) is 8.90. The summed E-state index contributed by atoms with van der Waals surface area (Å²) in [6.07, 6.45) is 5.20. The van der Waals surface area contributed by atoms with Gasteiger partial charge in [0.15, 0.2) is 0 Å². The highest BCUT2D eigenvalue weighted by molar-refractivity contribution is 5.98. The summed E-state index contributed by atoms with van der Waals surface area (Å²) in [4.78, 5) is 30.5. The standard InChI is InChI=1S/C25H31N3O2/c1-27(2)21-13-8-9-18(15-21)17-26-24(29)23-16-20-12-6-7-14-22(20)28(23)25(30)19-10-4-3-5-11-19/h3-5,8-11,13,15,20,22-23H,6-7,12,14,16-17H2,1-2H3,(H,26,29). The Morgan fingerprint density at radius 1 is 1.03 bits per heavy atom. The summed E-state index contributed by atoms with van der Waals surface area (Å²) in [6.45, 7) is 0.472. The Hall–Kier alpha value is -2.82. The number of likely N-dealkylation sites (tertiary alicyclic amines) is 1. The number of rotatable bonds is 5. The van der Waals surface area contributed by atoms with Crippen LogP contribution < -0.4 is 10.2 Å². The maximum Gasteiger partial charge on any atom is 0.254 e. The van der Waals surface area contributed by atoms with Gasteiger partial charge in [-0.1, -0.05) is 43.2 Å². The predicted octanol–water partition coefficient (Wildman–Crippen LogP) is 3.84. The van der Waals surface area contributed by atoms with Crippen LogP contribution in [0.25, 0.3) is 0 Å². The van der Waals surface area contributed by atoms with Gasteiger partial charge in [-0.05, 0) is 55.0 Å². The second-order valence-corrected chi connectivity index (χ2v) is 8.72. The maximum atomic E-state index is 13.4. The van der Waals surface area contributed by atoms with Crippen molar-refractivity contribution in [2.24, 2.45) is 5.92 Å². The fourth-order valence-electron chi connectivity index (χ4n) is 4.97. The van der Waals surface area contributed by atoms with E-state index in [9.17, 15) is 9.59 Å². The summed E-state index contributed by atoms with van der Waals surface area (Å²) < 4.78 is 0. The highest BCUT2D eigenvalue weighted by Crippen LogP contribution is 2.40. The molecule has 2 aromatic carbocycles. The minimum absolute atomic E-state index is 0.0141. The van der Waals surface area contributed by atoms with Crippen molar-refractivity contribution in [1.29, 1.82) is 0 Å². The zero-order chi connectivity index (χ0) is 21.1.